The number of carbonyl (C=O) groups is 3. The van der Waals surface area contributed by atoms with Crippen LogP contribution in [0.2, 0.25) is 5.02 Å². The van der Waals surface area contributed by atoms with Crippen molar-refractivity contribution in [2.24, 2.45) is 11.8 Å². The lowest BCUT2D eigenvalue weighted by molar-refractivity contribution is -0.139. The molecule has 0 heterocycles. The first-order valence-corrected chi connectivity index (χ1v) is 7.47. The molecular weight excluding hydrogens is 308 g/mol. The Balaban J connectivity index is 1.68. The first-order valence-electron chi connectivity index (χ1n) is 7.10. The standard InChI is InChI=1S/C15H15ClN2O4/c16-12-4-3-8(5-11(12)14(20)17-7-1-2-7)18-13(19)9-6-10(9)15(21)22/h3-5,7,9-10H,1-2,6H2,(H,17,20)(H,18,19)(H,21,22)/t9-,10+/m1/s1. The molecule has 0 aliphatic heterocycles. The van der Waals surface area contributed by atoms with Crippen LogP contribution in [0.1, 0.15) is 29.6 Å². The minimum absolute atomic E-state index is 0.213. The second-order valence-electron chi connectivity index (χ2n) is 5.72. The fourth-order valence-electron chi connectivity index (χ4n) is 2.26. The number of hydrogen-bond acceptors (Lipinski definition) is 3. The highest BCUT2D eigenvalue weighted by Crippen LogP contribution is 2.39. The summed E-state index contributed by atoms with van der Waals surface area (Å²) in [6.45, 7) is 0. The molecule has 7 heteroatoms. The number of nitrogens with one attached hydrogen (secondary N) is 2. The maximum absolute atomic E-state index is 12.1. The molecule has 2 saturated carbocycles. The largest absolute Gasteiger partial charge is 0.481 e. The average Bonchev–Trinajstić information content (AvgIpc) is 3.34. The number of aliphatic carboxylic acids is 1. The maximum Gasteiger partial charge on any atom is 0.307 e. The number of benzene rings is 1. The summed E-state index contributed by atoms with van der Waals surface area (Å²) in [5, 5.41) is 14.6. The summed E-state index contributed by atoms with van der Waals surface area (Å²) < 4.78 is 0. The van der Waals surface area contributed by atoms with Gasteiger partial charge in [-0.1, -0.05) is 11.6 Å². The third-order valence-corrected chi connectivity index (χ3v) is 4.17. The van der Waals surface area contributed by atoms with E-state index in [1.165, 1.54) is 6.07 Å². The van der Waals surface area contributed by atoms with E-state index in [0.29, 0.717) is 22.7 Å². The van der Waals surface area contributed by atoms with Crippen molar-refractivity contribution >= 4 is 35.1 Å². The molecule has 2 amide bonds. The molecule has 116 valence electrons. The first-order chi connectivity index (χ1) is 10.5. The van der Waals surface area contributed by atoms with Crippen molar-refractivity contribution < 1.29 is 19.5 Å². The molecule has 22 heavy (non-hydrogen) atoms. The number of anilines is 1. The summed E-state index contributed by atoms with van der Waals surface area (Å²) in [5.74, 6) is -2.68. The number of halogens is 1. The molecule has 3 N–H and O–H groups in total. The topological polar surface area (TPSA) is 95.5 Å². The van der Waals surface area contributed by atoms with Crippen LogP contribution in [0.4, 0.5) is 5.69 Å². The molecule has 2 aliphatic rings. The Bertz CT molecular complexity index is 657. The van der Waals surface area contributed by atoms with Gasteiger partial charge in [0, 0.05) is 11.7 Å². The number of amides is 2. The van der Waals surface area contributed by atoms with E-state index in [-0.39, 0.29) is 17.9 Å². The van der Waals surface area contributed by atoms with Crippen molar-refractivity contribution in [3.05, 3.63) is 28.8 Å². The molecule has 2 aliphatic carbocycles. The van der Waals surface area contributed by atoms with E-state index >= 15 is 0 Å². The summed E-state index contributed by atoms with van der Waals surface area (Å²) in [4.78, 5) is 34.8. The predicted octanol–water partition coefficient (Wildman–Crippen LogP) is 1.89. The van der Waals surface area contributed by atoms with Gasteiger partial charge in [-0.05, 0) is 37.5 Å². The molecule has 1 aromatic rings. The molecule has 6 nitrogen and oxygen atoms in total. The normalized spacial score (nSPS) is 22.8. The molecule has 3 rings (SSSR count). The van der Waals surface area contributed by atoms with Crippen molar-refractivity contribution in [1.82, 2.24) is 5.32 Å². The molecule has 0 saturated heterocycles. The lowest BCUT2D eigenvalue weighted by atomic mass is 10.1. The molecule has 2 atom stereocenters. The van der Waals surface area contributed by atoms with Gasteiger partial charge in [-0.15, -0.1) is 0 Å². The summed E-state index contributed by atoms with van der Waals surface area (Å²) in [7, 11) is 0. The summed E-state index contributed by atoms with van der Waals surface area (Å²) in [6, 6.07) is 4.85. The van der Waals surface area contributed by atoms with Crippen LogP contribution in [0.3, 0.4) is 0 Å². The Morgan fingerprint density at radius 1 is 1.18 bits per heavy atom. The van der Waals surface area contributed by atoms with E-state index in [0.717, 1.165) is 12.8 Å². The monoisotopic (exact) mass is 322 g/mol. The van der Waals surface area contributed by atoms with E-state index in [4.69, 9.17) is 16.7 Å². The van der Waals surface area contributed by atoms with Crippen LogP contribution in [0.5, 0.6) is 0 Å². The van der Waals surface area contributed by atoms with Crippen molar-refractivity contribution in [1.29, 1.82) is 0 Å². The van der Waals surface area contributed by atoms with Crippen LogP contribution in [-0.4, -0.2) is 28.9 Å². The third kappa shape index (κ3) is 3.22. The fourth-order valence-corrected chi connectivity index (χ4v) is 2.46. The molecular formula is C15H15ClN2O4. The Hall–Kier alpha value is -2.08. The molecule has 0 radical (unpaired) electrons. The molecule has 0 aromatic heterocycles. The van der Waals surface area contributed by atoms with Gasteiger partial charge >= 0.3 is 5.97 Å². The minimum atomic E-state index is -0.958. The van der Waals surface area contributed by atoms with E-state index in [2.05, 4.69) is 10.6 Å². The zero-order valence-corrected chi connectivity index (χ0v) is 12.4. The lowest BCUT2D eigenvalue weighted by Gasteiger charge is -2.09. The van der Waals surface area contributed by atoms with Crippen molar-refractivity contribution in [3.8, 4) is 0 Å². The van der Waals surface area contributed by atoms with Crippen LogP contribution in [-0.2, 0) is 9.59 Å². The molecule has 2 fully saturated rings. The maximum atomic E-state index is 12.1. The van der Waals surface area contributed by atoms with Gasteiger partial charge in [0.05, 0.1) is 22.4 Å². The molecule has 1 aromatic carbocycles. The van der Waals surface area contributed by atoms with Gasteiger partial charge in [-0.3, -0.25) is 14.4 Å². The smallest absolute Gasteiger partial charge is 0.307 e. The van der Waals surface area contributed by atoms with Gasteiger partial charge in [0.15, 0.2) is 0 Å². The zero-order valence-electron chi connectivity index (χ0n) is 11.6. The lowest BCUT2D eigenvalue weighted by Crippen LogP contribution is -2.26. The molecule has 0 spiro atoms. The Morgan fingerprint density at radius 2 is 1.91 bits per heavy atom. The van der Waals surface area contributed by atoms with E-state index < -0.39 is 17.8 Å². The Labute approximate surface area is 131 Å². The number of carboxylic acid groups (broad SMARTS) is 1. The Morgan fingerprint density at radius 3 is 2.50 bits per heavy atom. The second kappa shape index (κ2) is 5.61. The zero-order chi connectivity index (χ0) is 15.9. The summed E-state index contributed by atoms with van der Waals surface area (Å²) >= 11 is 6.02. The summed E-state index contributed by atoms with van der Waals surface area (Å²) in [6.07, 6.45) is 2.29. The van der Waals surface area contributed by atoms with Crippen LogP contribution < -0.4 is 10.6 Å². The van der Waals surface area contributed by atoms with Gasteiger partial charge in [-0.25, -0.2) is 0 Å². The van der Waals surface area contributed by atoms with Gasteiger partial charge in [-0.2, -0.15) is 0 Å². The van der Waals surface area contributed by atoms with Crippen LogP contribution in [0.25, 0.3) is 0 Å². The van der Waals surface area contributed by atoms with Gasteiger partial charge < -0.3 is 15.7 Å². The van der Waals surface area contributed by atoms with E-state index in [1.54, 1.807) is 12.1 Å². The van der Waals surface area contributed by atoms with Crippen LogP contribution in [0, 0.1) is 11.8 Å². The van der Waals surface area contributed by atoms with Crippen molar-refractivity contribution in [3.63, 3.8) is 0 Å². The fraction of sp³-hybridized carbons (Fsp3) is 0.400. The SMILES string of the molecule is O=C(NC1CC1)c1cc(NC(=O)[C@@H]2C[C@@H]2C(=O)O)ccc1Cl. The summed E-state index contributed by atoms with van der Waals surface area (Å²) in [5.41, 5.74) is 0.739. The first kappa shape index (κ1) is 14.8. The van der Waals surface area contributed by atoms with Crippen molar-refractivity contribution in [2.45, 2.75) is 25.3 Å². The predicted molar refractivity (Wildman–Crippen MR) is 79.8 cm³/mol. The highest BCUT2D eigenvalue weighted by Gasteiger charge is 2.48. The average molecular weight is 323 g/mol. The van der Waals surface area contributed by atoms with E-state index in [9.17, 15) is 14.4 Å². The van der Waals surface area contributed by atoms with Gasteiger partial charge in [0.2, 0.25) is 5.91 Å². The molecule has 0 bridgehead atoms. The van der Waals surface area contributed by atoms with Crippen molar-refractivity contribution in [2.75, 3.05) is 5.32 Å². The number of carbonyl (C=O) groups excluding carboxylic acids is 2. The van der Waals surface area contributed by atoms with Crippen LogP contribution in [0.15, 0.2) is 18.2 Å². The van der Waals surface area contributed by atoms with Gasteiger partial charge in [0.25, 0.3) is 5.91 Å². The number of carboxylic acids is 1. The molecule has 0 unspecified atom stereocenters. The van der Waals surface area contributed by atoms with Gasteiger partial charge in [0.1, 0.15) is 0 Å². The quantitative estimate of drug-likeness (QED) is 0.771. The number of hydrogen-bond donors (Lipinski definition) is 3. The third-order valence-electron chi connectivity index (χ3n) is 3.84. The highest BCUT2D eigenvalue weighted by atomic mass is 35.5. The minimum Gasteiger partial charge on any atom is -0.481 e. The number of rotatable bonds is 5. The Kier molecular flexibility index (Phi) is 3.78. The second-order valence-corrected chi connectivity index (χ2v) is 6.13. The van der Waals surface area contributed by atoms with E-state index in [1.807, 2.05) is 0 Å². The van der Waals surface area contributed by atoms with Crippen LogP contribution >= 0.6 is 11.6 Å². The highest BCUT2D eigenvalue weighted by molar-refractivity contribution is 6.34.